The summed E-state index contributed by atoms with van der Waals surface area (Å²) in [5, 5.41) is 2.96. The molecular formula is C26H22N2O2S. The molecule has 0 radical (unpaired) electrons. The van der Waals surface area contributed by atoms with Crippen LogP contribution in [-0.4, -0.2) is 23.3 Å². The number of aryl methyl sites for hydroxylation is 1. The highest BCUT2D eigenvalue weighted by atomic mass is 32.2. The molecule has 0 spiro atoms. The van der Waals surface area contributed by atoms with Crippen molar-refractivity contribution in [3.8, 4) is 0 Å². The zero-order chi connectivity index (χ0) is 21.4. The number of hydrogen-bond donors (Lipinski definition) is 1. The van der Waals surface area contributed by atoms with E-state index < -0.39 is 0 Å². The molecule has 154 valence electrons. The number of amides is 2. The van der Waals surface area contributed by atoms with Crippen molar-refractivity contribution in [3.05, 3.63) is 99.5 Å². The Morgan fingerprint density at radius 2 is 1.81 bits per heavy atom. The number of benzene rings is 3. The highest BCUT2D eigenvalue weighted by molar-refractivity contribution is 8.04. The number of nitrogens with zero attached hydrogens (tertiary/aromatic N) is 1. The monoisotopic (exact) mass is 426 g/mol. The maximum absolute atomic E-state index is 13.1. The Morgan fingerprint density at radius 1 is 1.03 bits per heavy atom. The van der Waals surface area contributed by atoms with Crippen molar-refractivity contribution in [1.29, 1.82) is 0 Å². The summed E-state index contributed by atoms with van der Waals surface area (Å²) in [5.74, 6) is -0.146. The van der Waals surface area contributed by atoms with Gasteiger partial charge in [-0.15, -0.1) is 0 Å². The molecule has 5 rings (SSSR count). The fraction of sp³-hybridized carbons (Fsp3) is 0.154. The van der Waals surface area contributed by atoms with Gasteiger partial charge in [0.05, 0.1) is 10.6 Å². The number of carbonyl (C=O) groups excluding carboxylic acids is 2. The van der Waals surface area contributed by atoms with E-state index in [1.54, 1.807) is 6.07 Å². The number of thioether (sulfide) groups is 1. The van der Waals surface area contributed by atoms with E-state index in [4.69, 9.17) is 0 Å². The SMILES string of the molecule is Cc1ccc(C=C2Sc3ccc(C(=O)N4CCc5ccccc5C4)cc3NC2=O)cc1. The van der Waals surface area contributed by atoms with Gasteiger partial charge in [-0.2, -0.15) is 0 Å². The van der Waals surface area contributed by atoms with Gasteiger partial charge in [-0.1, -0.05) is 65.9 Å². The fourth-order valence-electron chi connectivity index (χ4n) is 3.96. The predicted octanol–water partition coefficient (Wildman–Crippen LogP) is 5.28. The third kappa shape index (κ3) is 4.01. The summed E-state index contributed by atoms with van der Waals surface area (Å²) in [6.45, 7) is 3.37. The van der Waals surface area contributed by atoms with E-state index in [0.717, 1.165) is 16.9 Å². The molecule has 0 saturated carbocycles. The number of carbonyl (C=O) groups is 2. The van der Waals surface area contributed by atoms with Crippen LogP contribution in [0.4, 0.5) is 5.69 Å². The van der Waals surface area contributed by atoms with Crippen molar-refractivity contribution in [2.75, 3.05) is 11.9 Å². The first-order valence-corrected chi connectivity index (χ1v) is 11.2. The highest BCUT2D eigenvalue weighted by Gasteiger charge is 2.25. The highest BCUT2D eigenvalue weighted by Crippen LogP contribution is 2.39. The van der Waals surface area contributed by atoms with Gasteiger partial charge in [0.15, 0.2) is 0 Å². The van der Waals surface area contributed by atoms with E-state index in [-0.39, 0.29) is 11.8 Å². The molecule has 0 bridgehead atoms. The van der Waals surface area contributed by atoms with Gasteiger partial charge in [0.25, 0.3) is 11.8 Å². The van der Waals surface area contributed by atoms with E-state index in [1.807, 2.05) is 66.4 Å². The molecule has 0 saturated heterocycles. The van der Waals surface area contributed by atoms with Crippen LogP contribution >= 0.6 is 11.8 Å². The lowest BCUT2D eigenvalue weighted by molar-refractivity contribution is -0.112. The minimum Gasteiger partial charge on any atom is -0.334 e. The third-order valence-corrected chi connectivity index (χ3v) is 6.81. The van der Waals surface area contributed by atoms with Gasteiger partial charge in [0.1, 0.15) is 0 Å². The number of hydrogen-bond acceptors (Lipinski definition) is 3. The van der Waals surface area contributed by atoms with Crippen LogP contribution in [-0.2, 0) is 17.8 Å². The predicted molar refractivity (Wildman–Crippen MR) is 125 cm³/mol. The Morgan fingerprint density at radius 3 is 2.61 bits per heavy atom. The second-order valence-corrected chi connectivity index (χ2v) is 9.02. The topological polar surface area (TPSA) is 49.4 Å². The van der Waals surface area contributed by atoms with Crippen LogP contribution in [0.5, 0.6) is 0 Å². The van der Waals surface area contributed by atoms with E-state index in [1.165, 1.54) is 28.5 Å². The number of nitrogens with one attached hydrogen (secondary N) is 1. The molecule has 1 N–H and O–H groups in total. The number of fused-ring (bicyclic) bond motifs is 2. The molecule has 2 aliphatic heterocycles. The van der Waals surface area contributed by atoms with Gasteiger partial charge >= 0.3 is 0 Å². The van der Waals surface area contributed by atoms with Crippen molar-refractivity contribution in [3.63, 3.8) is 0 Å². The van der Waals surface area contributed by atoms with Crippen molar-refractivity contribution >= 4 is 35.3 Å². The zero-order valence-corrected chi connectivity index (χ0v) is 18.0. The van der Waals surface area contributed by atoms with Gasteiger partial charge in [0, 0.05) is 23.5 Å². The summed E-state index contributed by atoms with van der Waals surface area (Å²) < 4.78 is 0. The number of anilines is 1. The van der Waals surface area contributed by atoms with Gasteiger partial charge < -0.3 is 10.2 Å². The Bertz CT molecular complexity index is 1210. The lowest BCUT2D eigenvalue weighted by Crippen LogP contribution is -2.36. The summed E-state index contributed by atoms with van der Waals surface area (Å²) in [6, 6.07) is 21.9. The van der Waals surface area contributed by atoms with E-state index in [0.29, 0.717) is 29.2 Å². The molecule has 3 aromatic rings. The third-order valence-electron chi connectivity index (χ3n) is 5.71. The normalized spacial score (nSPS) is 16.5. The summed E-state index contributed by atoms with van der Waals surface area (Å²) in [7, 11) is 0. The lowest BCUT2D eigenvalue weighted by atomic mass is 9.99. The van der Waals surface area contributed by atoms with Crippen LogP contribution in [0.15, 0.2) is 76.5 Å². The Balaban J connectivity index is 1.36. The Hall–Kier alpha value is -3.31. The largest absolute Gasteiger partial charge is 0.334 e. The van der Waals surface area contributed by atoms with Crippen LogP contribution in [0.2, 0.25) is 0 Å². The quantitative estimate of drug-likeness (QED) is 0.567. The van der Waals surface area contributed by atoms with Crippen LogP contribution in [0.25, 0.3) is 6.08 Å². The molecule has 3 aromatic carbocycles. The Labute approximate surface area is 186 Å². The molecule has 0 unspecified atom stereocenters. The summed E-state index contributed by atoms with van der Waals surface area (Å²) in [4.78, 5) is 29.2. The first-order valence-electron chi connectivity index (χ1n) is 10.3. The molecule has 4 nitrogen and oxygen atoms in total. The average molecular weight is 427 g/mol. The van der Waals surface area contributed by atoms with Crippen LogP contribution in [0, 0.1) is 6.92 Å². The van der Waals surface area contributed by atoms with E-state index >= 15 is 0 Å². The van der Waals surface area contributed by atoms with Gasteiger partial charge in [-0.3, -0.25) is 9.59 Å². The van der Waals surface area contributed by atoms with Crippen molar-refractivity contribution < 1.29 is 9.59 Å². The molecule has 0 atom stereocenters. The molecular weight excluding hydrogens is 404 g/mol. The molecule has 31 heavy (non-hydrogen) atoms. The van der Waals surface area contributed by atoms with Gasteiger partial charge in [-0.25, -0.2) is 0 Å². The summed E-state index contributed by atoms with van der Waals surface area (Å²) in [6.07, 6.45) is 2.76. The van der Waals surface area contributed by atoms with Crippen LogP contribution < -0.4 is 5.32 Å². The summed E-state index contributed by atoms with van der Waals surface area (Å²) in [5.41, 5.74) is 5.99. The molecule has 2 heterocycles. The zero-order valence-electron chi connectivity index (χ0n) is 17.2. The van der Waals surface area contributed by atoms with Crippen LogP contribution in [0.3, 0.4) is 0 Å². The second kappa shape index (κ2) is 8.08. The molecule has 2 aliphatic rings. The second-order valence-electron chi connectivity index (χ2n) is 7.93. The van der Waals surface area contributed by atoms with E-state index in [9.17, 15) is 9.59 Å². The van der Waals surface area contributed by atoms with Crippen molar-refractivity contribution in [1.82, 2.24) is 4.90 Å². The first kappa shape index (κ1) is 19.6. The maximum atomic E-state index is 13.1. The molecule has 2 amide bonds. The smallest absolute Gasteiger partial charge is 0.262 e. The number of rotatable bonds is 2. The fourth-order valence-corrected chi connectivity index (χ4v) is 4.89. The first-order chi connectivity index (χ1) is 15.1. The van der Waals surface area contributed by atoms with Gasteiger partial charge in [-0.05, 0) is 54.3 Å². The minimum atomic E-state index is -0.144. The summed E-state index contributed by atoms with van der Waals surface area (Å²) >= 11 is 1.44. The molecule has 5 heteroatoms. The van der Waals surface area contributed by atoms with Crippen LogP contribution in [0.1, 0.15) is 32.6 Å². The standard InChI is InChI=1S/C26H22N2O2S/c1-17-6-8-18(9-7-17)14-24-25(29)27-22-15-20(10-11-23(22)31-24)26(30)28-13-12-19-4-2-3-5-21(19)16-28/h2-11,14-15H,12-13,16H2,1H3,(H,27,29). The molecule has 0 aliphatic carbocycles. The minimum absolute atomic E-state index is 0.00227. The lowest BCUT2D eigenvalue weighted by Gasteiger charge is -2.29. The van der Waals surface area contributed by atoms with Crippen molar-refractivity contribution in [2.24, 2.45) is 0 Å². The maximum Gasteiger partial charge on any atom is 0.262 e. The average Bonchev–Trinajstić information content (AvgIpc) is 2.80. The molecule has 0 fully saturated rings. The van der Waals surface area contributed by atoms with Gasteiger partial charge in [0.2, 0.25) is 0 Å². The Kier molecular flexibility index (Phi) is 5.12. The van der Waals surface area contributed by atoms with Crippen molar-refractivity contribution in [2.45, 2.75) is 24.8 Å². The van der Waals surface area contributed by atoms with E-state index in [2.05, 4.69) is 17.4 Å². The molecule has 0 aromatic heterocycles.